The lowest BCUT2D eigenvalue weighted by molar-refractivity contribution is -0.135. The van der Waals surface area contributed by atoms with E-state index in [9.17, 15) is 4.79 Å². The first-order valence-electron chi connectivity index (χ1n) is 9.09. The van der Waals surface area contributed by atoms with Crippen LogP contribution < -0.4 is 5.32 Å². The Balaban J connectivity index is 1.50. The van der Waals surface area contributed by atoms with Crippen LogP contribution in [0.25, 0.3) is 0 Å². The molecule has 1 spiro atoms. The Bertz CT molecular complexity index is 557. The maximum Gasteiger partial charge on any atom is 0.226 e. The third kappa shape index (κ3) is 4.37. The Hall–Kier alpha value is -1.39. The molecule has 2 saturated heterocycles. The summed E-state index contributed by atoms with van der Waals surface area (Å²) < 4.78 is 6.19. The topological polar surface area (TPSA) is 41.6 Å². The van der Waals surface area contributed by atoms with E-state index in [1.54, 1.807) is 0 Å². The third-order valence-corrected chi connectivity index (χ3v) is 5.07. The molecule has 1 unspecified atom stereocenters. The zero-order valence-electron chi connectivity index (χ0n) is 15.2. The first-order valence-corrected chi connectivity index (χ1v) is 9.09. The van der Waals surface area contributed by atoms with E-state index in [1.807, 2.05) is 35.2 Å². The van der Waals surface area contributed by atoms with Crippen molar-refractivity contribution in [3.8, 4) is 0 Å². The number of ether oxygens (including phenoxy) is 1. The molecule has 2 aliphatic heterocycles. The van der Waals surface area contributed by atoms with Gasteiger partial charge in [-0.05, 0) is 45.6 Å². The van der Waals surface area contributed by atoms with E-state index in [4.69, 9.17) is 4.74 Å². The van der Waals surface area contributed by atoms with Gasteiger partial charge in [0.2, 0.25) is 5.91 Å². The van der Waals surface area contributed by atoms with Crippen LogP contribution in [0.2, 0.25) is 0 Å². The molecule has 4 heteroatoms. The van der Waals surface area contributed by atoms with Crippen LogP contribution in [0.15, 0.2) is 30.3 Å². The SMILES string of the molecule is CC(C)(C)NC1COC2(CCN(C(=O)Cc3ccccc3)CC2)C1. The van der Waals surface area contributed by atoms with Gasteiger partial charge in [0.15, 0.2) is 0 Å². The van der Waals surface area contributed by atoms with Crippen molar-refractivity contribution in [2.45, 2.75) is 63.6 Å². The summed E-state index contributed by atoms with van der Waals surface area (Å²) >= 11 is 0. The number of amides is 1. The van der Waals surface area contributed by atoms with E-state index in [1.165, 1.54) is 0 Å². The highest BCUT2D eigenvalue weighted by molar-refractivity contribution is 5.78. The minimum absolute atomic E-state index is 0.0214. The van der Waals surface area contributed by atoms with E-state index in [0.29, 0.717) is 12.5 Å². The van der Waals surface area contributed by atoms with Gasteiger partial charge in [0.1, 0.15) is 0 Å². The second kappa shape index (κ2) is 6.85. The molecule has 4 nitrogen and oxygen atoms in total. The number of carbonyl (C=O) groups is 1. The molecule has 2 aliphatic rings. The number of rotatable bonds is 3. The maximum absolute atomic E-state index is 12.5. The fourth-order valence-electron chi connectivity index (χ4n) is 3.94. The predicted octanol–water partition coefficient (Wildman–Crippen LogP) is 2.77. The Kier molecular flexibility index (Phi) is 4.97. The Morgan fingerprint density at radius 3 is 2.54 bits per heavy atom. The van der Waals surface area contributed by atoms with Crippen molar-refractivity contribution in [1.82, 2.24) is 10.2 Å². The molecule has 0 saturated carbocycles. The fourth-order valence-corrected chi connectivity index (χ4v) is 3.94. The molecule has 3 rings (SSSR count). The van der Waals surface area contributed by atoms with Gasteiger partial charge >= 0.3 is 0 Å². The van der Waals surface area contributed by atoms with Gasteiger partial charge in [0.05, 0.1) is 18.6 Å². The van der Waals surface area contributed by atoms with Crippen LogP contribution in [0.4, 0.5) is 0 Å². The van der Waals surface area contributed by atoms with Crippen LogP contribution in [0, 0.1) is 0 Å². The van der Waals surface area contributed by atoms with E-state index < -0.39 is 0 Å². The van der Waals surface area contributed by atoms with Crippen molar-refractivity contribution in [3.05, 3.63) is 35.9 Å². The number of hydrogen-bond acceptors (Lipinski definition) is 3. The molecule has 132 valence electrons. The van der Waals surface area contributed by atoms with Gasteiger partial charge in [-0.25, -0.2) is 0 Å². The van der Waals surface area contributed by atoms with Crippen molar-refractivity contribution < 1.29 is 9.53 Å². The van der Waals surface area contributed by atoms with Crippen molar-refractivity contribution in [1.29, 1.82) is 0 Å². The largest absolute Gasteiger partial charge is 0.373 e. The minimum atomic E-state index is -0.0214. The van der Waals surface area contributed by atoms with E-state index in [2.05, 4.69) is 26.1 Å². The van der Waals surface area contributed by atoms with Gasteiger partial charge in [-0.15, -0.1) is 0 Å². The van der Waals surface area contributed by atoms with E-state index in [0.717, 1.165) is 44.5 Å². The quantitative estimate of drug-likeness (QED) is 0.926. The lowest BCUT2D eigenvalue weighted by Crippen LogP contribution is -2.48. The summed E-state index contributed by atoms with van der Waals surface area (Å²) in [7, 11) is 0. The zero-order chi connectivity index (χ0) is 17.2. The highest BCUT2D eigenvalue weighted by Crippen LogP contribution is 2.36. The lowest BCUT2D eigenvalue weighted by Gasteiger charge is -2.39. The normalized spacial score (nSPS) is 23.6. The number of hydrogen-bond donors (Lipinski definition) is 1. The second-order valence-corrected chi connectivity index (χ2v) is 8.33. The molecule has 24 heavy (non-hydrogen) atoms. The van der Waals surface area contributed by atoms with Crippen molar-refractivity contribution in [3.63, 3.8) is 0 Å². The van der Waals surface area contributed by atoms with Crippen LogP contribution in [-0.4, -0.2) is 47.7 Å². The van der Waals surface area contributed by atoms with Crippen LogP contribution in [0.1, 0.15) is 45.6 Å². The predicted molar refractivity (Wildman–Crippen MR) is 95.9 cm³/mol. The standard InChI is InChI=1S/C20H30N2O2/c1-19(2,3)21-17-14-20(24-15-17)9-11-22(12-10-20)18(23)13-16-7-5-4-6-8-16/h4-8,17,21H,9-15H2,1-3H3. The van der Waals surface area contributed by atoms with Gasteiger partial charge in [-0.3, -0.25) is 4.79 Å². The van der Waals surface area contributed by atoms with Crippen molar-refractivity contribution in [2.75, 3.05) is 19.7 Å². The first-order chi connectivity index (χ1) is 11.4. The fraction of sp³-hybridized carbons (Fsp3) is 0.650. The molecule has 2 heterocycles. The number of piperidine rings is 1. The average molecular weight is 330 g/mol. The Labute approximate surface area is 145 Å². The lowest BCUT2D eigenvalue weighted by atomic mass is 9.86. The van der Waals surface area contributed by atoms with Gasteiger partial charge in [-0.2, -0.15) is 0 Å². The van der Waals surface area contributed by atoms with Gasteiger partial charge in [-0.1, -0.05) is 30.3 Å². The summed E-state index contributed by atoms with van der Waals surface area (Å²) in [5, 5.41) is 3.65. The van der Waals surface area contributed by atoms with Crippen LogP contribution in [-0.2, 0) is 16.0 Å². The molecule has 2 fully saturated rings. The molecule has 0 aromatic heterocycles. The summed E-state index contributed by atoms with van der Waals surface area (Å²) in [6, 6.07) is 10.4. The van der Waals surface area contributed by atoms with Crippen molar-refractivity contribution >= 4 is 5.91 Å². The van der Waals surface area contributed by atoms with Gasteiger partial charge in [0, 0.05) is 24.7 Å². The van der Waals surface area contributed by atoms with E-state index >= 15 is 0 Å². The number of nitrogens with one attached hydrogen (secondary N) is 1. The number of benzene rings is 1. The molecule has 1 N–H and O–H groups in total. The maximum atomic E-state index is 12.5. The average Bonchev–Trinajstić information content (AvgIpc) is 2.89. The second-order valence-electron chi connectivity index (χ2n) is 8.33. The molecule has 1 aromatic carbocycles. The summed E-state index contributed by atoms with van der Waals surface area (Å²) in [6.07, 6.45) is 3.47. The smallest absolute Gasteiger partial charge is 0.226 e. The Morgan fingerprint density at radius 2 is 1.92 bits per heavy atom. The molecule has 0 bridgehead atoms. The number of nitrogens with zero attached hydrogens (tertiary/aromatic N) is 1. The van der Waals surface area contributed by atoms with Gasteiger partial charge < -0.3 is 15.0 Å². The number of carbonyl (C=O) groups excluding carboxylic acids is 1. The molecule has 0 aliphatic carbocycles. The minimum Gasteiger partial charge on any atom is -0.373 e. The zero-order valence-corrected chi connectivity index (χ0v) is 15.2. The molecule has 0 radical (unpaired) electrons. The first kappa shape index (κ1) is 17.4. The highest BCUT2D eigenvalue weighted by atomic mass is 16.5. The summed E-state index contributed by atoms with van der Waals surface area (Å²) in [5.41, 5.74) is 1.19. The molecular formula is C20H30N2O2. The van der Waals surface area contributed by atoms with Crippen LogP contribution in [0.5, 0.6) is 0 Å². The van der Waals surface area contributed by atoms with Gasteiger partial charge in [0.25, 0.3) is 0 Å². The highest BCUT2D eigenvalue weighted by Gasteiger charge is 2.43. The van der Waals surface area contributed by atoms with Crippen LogP contribution >= 0.6 is 0 Å². The summed E-state index contributed by atoms with van der Waals surface area (Å²) in [5.74, 6) is 0.235. The summed E-state index contributed by atoms with van der Waals surface area (Å²) in [6.45, 7) is 9.01. The number of likely N-dealkylation sites (tertiary alicyclic amines) is 1. The molecule has 1 aromatic rings. The summed E-state index contributed by atoms with van der Waals surface area (Å²) in [4.78, 5) is 14.5. The third-order valence-electron chi connectivity index (χ3n) is 5.07. The molecule has 1 amide bonds. The molecular weight excluding hydrogens is 300 g/mol. The molecule has 1 atom stereocenters. The van der Waals surface area contributed by atoms with E-state index in [-0.39, 0.29) is 17.0 Å². The van der Waals surface area contributed by atoms with Crippen LogP contribution in [0.3, 0.4) is 0 Å². The Morgan fingerprint density at radius 1 is 1.25 bits per heavy atom. The monoisotopic (exact) mass is 330 g/mol. The van der Waals surface area contributed by atoms with Crippen molar-refractivity contribution in [2.24, 2.45) is 0 Å².